The van der Waals surface area contributed by atoms with Crippen molar-refractivity contribution >= 4 is 5.91 Å². The van der Waals surface area contributed by atoms with Crippen LogP contribution in [0.15, 0.2) is 24.3 Å². The summed E-state index contributed by atoms with van der Waals surface area (Å²) in [5.41, 5.74) is 2.50. The molecule has 0 aliphatic carbocycles. The van der Waals surface area contributed by atoms with Gasteiger partial charge in [0.2, 0.25) is 5.91 Å². The third-order valence-corrected chi connectivity index (χ3v) is 3.80. The van der Waals surface area contributed by atoms with Crippen LogP contribution in [0.5, 0.6) is 0 Å². The molecule has 0 bridgehead atoms. The van der Waals surface area contributed by atoms with Gasteiger partial charge in [-0.15, -0.1) is 0 Å². The second-order valence-corrected chi connectivity index (χ2v) is 5.71. The number of carbonyl (C=O) groups excluding carboxylic acids is 1. The van der Waals surface area contributed by atoms with Crippen LogP contribution in [0.2, 0.25) is 0 Å². The number of benzene rings is 1. The lowest BCUT2D eigenvalue weighted by atomic mass is 10.1. The number of amides is 1. The Morgan fingerprint density at radius 3 is 3.05 bits per heavy atom. The second-order valence-electron chi connectivity index (χ2n) is 5.71. The molecule has 2 unspecified atom stereocenters. The Hall–Kier alpha value is -1.39. The molecule has 4 heteroatoms. The van der Waals surface area contributed by atoms with Crippen molar-refractivity contribution in [2.24, 2.45) is 0 Å². The molecular formula is C16H24N2O2. The van der Waals surface area contributed by atoms with Gasteiger partial charge in [0.05, 0.1) is 12.6 Å². The Kier molecular flexibility index (Phi) is 5.15. The molecule has 1 saturated heterocycles. The van der Waals surface area contributed by atoms with Gasteiger partial charge in [-0.3, -0.25) is 9.69 Å². The highest BCUT2D eigenvalue weighted by Crippen LogP contribution is 2.20. The molecule has 0 radical (unpaired) electrons. The maximum absolute atomic E-state index is 12.2. The van der Waals surface area contributed by atoms with Crippen LogP contribution in [-0.4, -0.2) is 41.1 Å². The monoisotopic (exact) mass is 276 g/mol. The van der Waals surface area contributed by atoms with E-state index in [9.17, 15) is 4.79 Å². The summed E-state index contributed by atoms with van der Waals surface area (Å²) in [7, 11) is 0. The van der Waals surface area contributed by atoms with Gasteiger partial charge < -0.3 is 10.4 Å². The van der Waals surface area contributed by atoms with Crippen molar-refractivity contribution in [1.29, 1.82) is 0 Å². The molecule has 2 atom stereocenters. The average Bonchev–Trinajstić information content (AvgIpc) is 2.86. The average molecular weight is 276 g/mol. The number of aliphatic hydroxyl groups is 1. The van der Waals surface area contributed by atoms with Crippen LogP contribution in [0.25, 0.3) is 0 Å². The van der Waals surface area contributed by atoms with Crippen LogP contribution < -0.4 is 5.32 Å². The van der Waals surface area contributed by atoms with Gasteiger partial charge in [0.1, 0.15) is 0 Å². The molecule has 0 saturated carbocycles. The van der Waals surface area contributed by atoms with E-state index in [4.69, 9.17) is 5.11 Å². The zero-order chi connectivity index (χ0) is 14.5. The Balaban J connectivity index is 1.98. The van der Waals surface area contributed by atoms with E-state index in [1.165, 1.54) is 11.1 Å². The van der Waals surface area contributed by atoms with Crippen molar-refractivity contribution in [2.75, 3.05) is 13.2 Å². The second kappa shape index (κ2) is 6.86. The Labute approximate surface area is 120 Å². The fraction of sp³-hybridized carbons (Fsp3) is 0.562. The lowest BCUT2D eigenvalue weighted by Gasteiger charge is -2.25. The topological polar surface area (TPSA) is 52.6 Å². The van der Waals surface area contributed by atoms with Gasteiger partial charge in [0.25, 0.3) is 0 Å². The minimum absolute atomic E-state index is 0.0175. The predicted octanol–water partition coefficient (Wildman–Crippen LogP) is 1.46. The van der Waals surface area contributed by atoms with Gasteiger partial charge in [-0.05, 0) is 38.8 Å². The van der Waals surface area contributed by atoms with Gasteiger partial charge in [-0.1, -0.05) is 29.8 Å². The number of hydrogen-bond acceptors (Lipinski definition) is 3. The first-order valence-corrected chi connectivity index (χ1v) is 7.31. The van der Waals surface area contributed by atoms with Crippen molar-refractivity contribution in [3.63, 3.8) is 0 Å². The van der Waals surface area contributed by atoms with E-state index < -0.39 is 0 Å². The van der Waals surface area contributed by atoms with Gasteiger partial charge in [-0.2, -0.15) is 0 Å². The number of nitrogens with zero attached hydrogens (tertiary/aromatic N) is 1. The van der Waals surface area contributed by atoms with Crippen LogP contribution in [0.1, 0.15) is 30.9 Å². The fourth-order valence-electron chi connectivity index (χ4n) is 2.74. The molecule has 1 heterocycles. The number of rotatable bonds is 5. The highest BCUT2D eigenvalue weighted by molar-refractivity contribution is 5.82. The van der Waals surface area contributed by atoms with E-state index in [0.29, 0.717) is 0 Å². The minimum Gasteiger partial charge on any atom is -0.394 e. The van der Waals surface area contributed by atoms with Gasteiger partial charge in [-0.25, -0.2) is 0 Å². The normalized spacial score (nSPS) is 20.9. The number of carbonyl (C=O) groups is 1. The molecule has 4 nitrogen and oxygen atoms in total. The summed E-state index contributed by atoms with van der Waals surface area (Å²) in [5.74, 6) is 0.0386. The van der Waals surface area contributed by atoms with Gasteiger partial charge >= 0.3 is 0 Å². The van der Waals surface area contributed by atoms with E-state index in [2.05, 4.69) is 41.4 Å². The first-order chi connectivity index (χ1) is 9.60. The van der Waals surface area contributed by atoms with E-state index in [-0.39, 0.29) is 24.6 Å². The number of likely N-dealkylation sites (tertiary alicyclic amines) is 1. The van der Waals surface area contributed by atoms with Crippen molar-refractivity contribution in [2.45, 2.75) is 45.3 Å². The van der Waals surface area contributed by atoms with Crippen LogP contribution in [-0.2, 0) is 11.3 Å². The summed E-state index contributed by atoms with van der Waals surface area (Å²) in [4.78, 5) is 14.4. The lowest BCUT2D eigenvalue weighted by Crippen LogP contribution is -2.46. The Morgan fingerprint density at radius 1 is 1.55 bits per heavy atom. The maximum atomic E-state index is 12.2. The fourth-order valence-corrected chi connectivity index (χ4v) is 2.74. The molecule has 1 aromatic carbocycles. The summed E-state index contributed by atoms with van der Waals surface area (Å²) in [5, 5.41) is 11.9. The summed E-state index contributed by atoms with van der Waals surface area (Å²) < 4.78 is 0. The minimum atomic E-state index is -0.177. The SMILES string of the molecule is Cc1cccc(CN2CCCC2C(=O)NC(C)CO)c1. The van der Waals surface area contributed by atoms with Gasteiger partial charge in [0.15, 0.2) is 0 Å². The highest BCUT2D eigenvalue weighted by atomic mass is 16.3. The van der Waals surface area contributed by atoms with Crippen molar-refractivity contribution in [3.8, 4) is 0 Å². The molecule has 1 fully saturated rings. The first-order valence-electron chi connectivity index (χ1n) is 7.31. The molecule has 1 aliphatic heterocycles. The quantitative estimate of drug-likeness (QED) is 0.856. The van der Waals surface area contributed by atoms with Crippen LogP contribution in [0.4, 0.5) is 0 Å². The summed E-state index contributed by atoms with van der Waals surface area (Å²) in [6.07, 6.45) is 1.95. The maximum Gasteiger partial charge on any atom is 0.237 e. The molecule has 1 aliphatic rings. The number of nitrogens with one attached hydrogen (secondary N) is 1. The van der Waals surface area contributed by atoms with E-state index in [0.717, 1.165) is 25.9 Å². The largest absolute Gasteiger partial charge is 0.394 e. The van der Waals surface area contributed by atoms with Crippen molar-refractivity contribution in [3.05, 3.63) is 35.4 Å². The Bertz CT molecular complexity index is 462. The Morgan fingerprint density at radius 2 is 2.35 bits per heavy atom. The highest BCUT2D eigenvalue weighted by Gasteiger charge is 2.30. The van der Waals surface area contributed by atoms with Crippen LogP contribution in [0, 0.1) is 6.92 Å². The predicted molar refractivity (Wildman–Crippen MR) is 79.3 cm³/mol. The molecule has 20 heavy (non-hydrogen) atoms. The molecule has 1 amide bonds. The number of aryl methyl sites for hydroxylation is 1. The number of hydrogen-bond donors (Lipinski definition) is 2. The molecule has 110 valence electrons. The van der Waals surface area contributed by atoms with Crippen molar-refractivity contribution < 1.29 is 9.90 Å². The van der Waals surface area contributed by atoms with Gasteiger partial charge in [0, 0.05) is 12.6 Å². The molecule has 2 N–H and O–H groups in total. The van der Waals surface area contributed by atoms with E-state index in [1.54, 1.807) is 0 Å². The lowest BCUT2D eigenvalue weighted by molar-refractivity contribution is -0.126. The molecule has 0 aromatic heterocycles. The van der Waals surface area contributed by atoms with E-state index in [1.807, 2.05) is 6.92 Å². The van der Waals surface area contributed by atoms with Crippen molar-refractivity contribution in [1.82, 2.24) is 10.2 Å². The smallest absolute Gasteiger partial charge is 0.237 e. The molecule has 2 rings (SSSR count). The summed E-state index contributed by atoms with van der Waals surface area (Å²) >= 11 is 0. The summed E-state index contributed by atoms with van der Waals surface area (Å²) in [6, 6.07) is 8.18. The first kappa shape index (κ1) is 15.0. The zero-order valence-corrected chi connectivity index (χ0v) is 12.3. The zero-order valence-electron chi connectivity index (χ0n) is 12.3. The third-order valence-electron chi connectivity index (χ3n) is 3.80. The van der Waals surface area contributed by atoms with Crippen LogP contribution >= 0.6 is 0 Å². The van der Waals surface area contributed by atoms with E-state index >= 15 is 0 Å². The molecule has 1 aromatic rings. The summed E-state index contributed by atoms with van der Waals surface area (Å²) in [6.45, 7) is 5.65. The van der Waals surface area contributed by atoms with Crippen LogP contribution in [0.3, 0.4) is 0 Å². The standard InChI is InChI=1S/C16H24N2O2/c1-12-5-3-6-14(9-12)10-18-8-4-7-15(18)16(20)17-13(2)11-19/h3,5-6,9,13,15,19H,4,7-8,10-11H2,1-2H3,(H,17,20). The molecular weight excluding hydrogens is 252 g/mol. The molecule has 0 spiro atoms. The third kappa shape index (κ3) is 3.81. The number of aliphatic hydroxyl groups excluding tert-OH is 1.